The highest BCUT2D eigenvalue weighted by Gasteiger charge is 2.32. The maximum atomic E-state index is 13.8. The number of halogens is 2. The molecule has 30 heavy (non-hydrogen) atoms. The summed E-state index contributed by atoms with van der Waals surface area (Å²) in [6.07, 6.45) is 1.84. The zero-order valence-corrected chi connectivity index (χ0v) is 16.6. The Morgan fingerprint density at radius 1 is 1.23 bits per heavy atom. The van der Waals surface area contributed by atoms with E-state index in [4.69, 9.17) is 11.6 Å². The van der Waals surface area contributed by atoms with Gasteiger partial charge in [-0.05, 0) is 55.2 Å². The van der Waals surface area contributed by atoms with Crippen LogP contribution >= 0.6 is 11.6 Å². The molecule has 154 valence electrons. The molecule has 0 spiro atoms. The van der Waals surface area contributed by atoms with E-state index in [0.717, 1.165) is 17.5 Å². The fourth-order valence-electron chi connectivity index (χ4n) is 3.26. The highest BCUT2D eigenvalue weighted by Crippen LogP contribution is 2.32. The van der Waals surface area contributed by atoms with Gasteiger partial charge in [-0.1, -0.05) is 29.8 Å². The fraction of sp³-hybridized carbons (Fsp3) is 0.227. The number of rotatable bonds is 6. The van der Waals surface area contributed by atoms with E-state index in [1.807, 2.05) is 0 Å². The third-order valence-corrected chi connectivity index (χ3v) is 5.31. The average Bonchev–Trinajstić information content (AvgIpc) is 3.58. The molecule has 1 aromatic heterocycles. The van der Waals surface area contributed by atoms with Crippen LogP contribution in [0, 0.1) is 11.7 Å². The minimum atomic E-state index is -0.677. The molecule has 1 atom stereocenters. The van der Waals surface area contributed by atoms with Crippen LogP contribution in [0.15, 0.2) is 59.4 Å². The maximum absolute atomic E-state index is 13.8. The number of hydrogen-bond donors (Lipinski definition) is 2. The van der Waals surface area contributed by atoms with Gasteiger partial charge in [0.15, 0.2) is 0 Å². The van der Waals surface area contributed by atoms with Crippen molar-refractivity contribution in [3.8, 4) is 16.9 Å². The second-order valence-corrected chi connectivity index (χ2v) is 7.68. The van der Waals surface area contributed by atoms with Crippen LogP contribution in [0.2, 0.25) is 5.02 Å². The third-order valence-electron chi connectivity index (χ3n) is 5.05. The molecule has 8 heteroatoms. The van der Waals surface area contributed by atoms with Gasteiger partial charge in [-0.3, -0.25) is 9.59 Å². The minimum absolute atomic E-state index is 0.140. The van der Waals surface area contributed by atoms with E-state index < -0.39 is 23.3 Å². The molecule has 2 aromatic carbocycles. The van der Waals surface area contributed by atoms with Gasteiger partial charge in [-0.15, -0.1) is 0 Å². The van der Waals surface area contributed by atoms with Gasteiger partial charge in [-0.25, -0.2) is 4.39 Å². The smallest absolute Gasteiger partial charge is 0.284 e. The molecule has 1 saturated carbocycles. The van der Waals surface area contributed by atoms with Crippen molar-refractivity contribution in [1.82, 2.24) is 15.1 Å². The first-order valence-corrected chi connectivity index (χ1v) is 9.92. The molecule has 6 nitrogen and oxygen atoms in total. The molecule has 0 radical (unpaired) electrons. The molecule has 4 rings (SSSR count). The van der Waals surface area contributed by atoms with Gasteiger partial charge in [0.25, 0.3) is 11.5 Å². The third kappa shape index (κ3) is 4.27. The second kappa shape index (κ2) is 8.38. The number of nitrogens with zero attached hydrogens (tertiary/aromatic N) is 2. The van der Waals surface area contributed by atoms with Crippen molar-refractivity contribution in [3.05, 3.63) is 81.4 Å². The molecule has 0 bridgehead atoms. The lowest BCUT2D eigenvalue weighted by Crippen LogP contribution is -2.42. The van der Waals surface area contributed by atoms with Crippen molar-refractivity contribution in [1.29, 1.82) is 0 Å². The lowest BCUT2D eigenvalue weighted by molar-refractivity contribution is 0.0906. The second-order valence-electron chi connectivity index (χ2n) is 7.25. The minimum Gasteiger partial charge on any atom is -0.394 e. The van der Waals surface area contributed by atoms with Crippen molar-refractivity contribution in [3.63, 3.8) is 0 Å². The van der Waals surface area contributed by atoms with Gasteiger partial charge < -0.3 is 10.4 Å². The molecule has 1 fully saturated rings. The van der Waals surface area contributed by atoms with Crippen molar-refractivity contribution >= 4 is 17.5 Å². The normalized spacial score (nSPS) is 14.4. The number of aromatic nitrogens is 2. The Balaban J connectivity index is 1.82. The van der Waals surface area contributed by atoms with Gasteiger partial charge >= 0.3 is 0 Å². The Labute approximate surface area is 176 Å². The van der Waals surface area contributed by atoms with E-state index in [-0.39, 0.29) is 23.8 Å². The summed E-state index contributed by atoms with van der Waals surface area (Å²) in [6, 6.07) is 13.2. The maximum Gasteiger partial charge on any atom is 0.284 e. The van der Waals surface area contributed by atoms with Gasteiger partial charge in [0.05, 0.1) is 24.0 Å². The Bertz CT molecular complexity index is 1140. The largest absolute Gasteiger partial charge is 0.394 e. The molecule has 1 heterocycles. The number of aliphatic hydroxyl groups excluding tert-OH is 1. The lowest BCUT2D eigenvalue weighted by atomic mass is 10.1. The zero-order valence-electron chi connectivity index (χ0n) is 15.9. The van der Waals surface area contributed by atoms with Crippen LogP contribution in [0.5, 0.6) is 0 Å². The number of carbonyl (C=O) groups excluding carboxylic acids is 1. The highest BCUT2D eigenvalue weighted by molar-refractivity contribution is 6.30. The molecule has 1 unspecified atom stereocenters. The summed E-state index contributed by atoms with van der Waals surface area (Å²) in [6.45, 7) is -0.205. The Kier molecular flexibility index (Phi) is 5.65. The van der Waals surface area contributed by atoms with Crippen LogP contribution in [0.25, 0.3) is 16.9 Å². The molecule has 0 aliphatic heterocycles. The molecule has 1 amide bonds. The van der Waals surface area contributed by atoms with E-state index in [9.17, 15) is 19.1 Å². The first kappa shape index (κ1) is 20.3. The summed E-state index contributed by atoms with van der Waals surface area (Å²) in [5.41, 5.74) is 0.375. The molecule has 2 N–H and O–H groups in total. The van der Waals surface area contributed by atoms with Gasteiger partial charge in [-0.2, -0.15) is 9.78 Å². The average molecular weight is 428 g/mol. The van der Waals surface area contributed by atoms with Crippen LogP contribution < -0.4 is 10.9 Å². The SMILES string of the molecule is O=C(NC(CO)C1CC1)c1cc(-c2ccc(Cl)cc2)nn(-c2cccc(F)c2)c1=O. The van der Waals surface area contributed by atoms with Crippen LogP contribution in [0.4, 0.5) is 4.39 Å². The van der Waals surface area contributed by atoms with E-state index in [1.165, 1.54) is 30.3 Å². The summed E-state index contributed by atoms with van der Waals surface area (Å²) >= 11 is 5.95. The Hall–Kier alpha value is -3.03. The molecule has 0 saturated heterocycles. The summed E-state index contributed by atoms with van der Waals surface area (Å²) in [7, 11) is 0. The zero-order chi connectivity index (χ0) is 21.3. The topological polar surface area (TPSA) is 84.2 Å². The predicted molar refractivity (Wildman–Crippen MR) is 111 cm³/mol. The van der Waals surface area contributed by atoms with E-state index in [2.05, 4.69) is 10.4 Å². The number of aliphatic hydroxyl groups is 1. The monoisotopic (exact) mass is 427 g/mol. The molecule has 1 aliphatic rings. The van der Waals surface area contributed by atoms with Crippen LogP contribution in [0.3, 0.4) is 0 Å². The van der Waals surface area contributed by atoms with Crippen LogP contribution in [-0.2, 0) is 0 Å². The number of amides is 1. The van der Waals surface area contributed by atoms with Gasteiger partial charge in [0.2, 0.25) is 0 Å². The highest BCUT2D eigenvalue weighted by atomic mass is 35.5. The van der Waals surface area contributed by atoms with Crippen LogP contribution in [0.1, 0.15) is 23.2 Å². The predicted octanol–water partition coefficient (Wildman–Crippen LogP) is 3.19. The quantitative estimate of drug-likeness (QED) is 0.632. The van der Waals surface area contributed by atoms with E-state index >= 15 is 0 Å². The Morgan fingerprint density at radius 2 is 1.97 bits per heavy atom. The molecular weight excluding hydrogens is 409 g/mol. The van der Waals surface area contributed by atoms with E-state index in [1.54, 1.807) is 24.3 Å². The van der Waals surface area contributed by atoms with Crippen molar-refractivity contribution in [2.75, 3.05) is 6.61 Å². The van der Waals surface area contributed by atoms with Crippen molar-refractivity contribution in [2.45, 2.75) is 18.9 Å². The molecular formula is C22H19ClFN3O3. The number of nitrogens with one attached hydrogen (secondary N) is 1. The summed E-state index contributed by atoms with van der Waals surface area (Å²) in [4.78, 5) is 25.9. The first-order chi connectivity index (χ1) is 14.5. The fourth-order valence-corrected chi connectivity index (χ4v) is 3.39. The summed E-state index contributed by atoms with van der Waals surface area (Å²) in [5.74, 6) is -0.922. The Morgan fingerprint density at radius 3 is 2.60 bits per heavy atom. The number of benzene rings is 2. The standard InChI is InChI=1S/C22H19ClFN3O3/c23-15-8-6-13(7-9-15)19-11-18(21(29)25-20(12-28)14-4-5-14)22(30)27(26-19)17-3-1-2-16(24)10-17/h1-3,6-11,14,20,28H,4-5,12H2,(H,25,29). The van der Waals surface area contributed by atoms with Gasteiger partial charge in [0, 0.05) is 10.6 Å². The summed E-state index contributed by atoms with van der Waals surface area (Å²) < 4.78 is 14.8. The van der Waals surface area contributed by atoms with Crippen molar-refractivity contribution < 1.29 is 14.3 Å². The number of carbonyl (C=O) groups is 1. The summed E-state index contributed by atoms with van der Waals surface area (Å²) in [5, 5.41) is 17.2. The van der Waals surface area contributed by atoms with Crippen LogP contribution in [-0.4, -0.2) is 33.4 Å². The molecule has 1 aliphatic carbocycles. The first-order valence-electron chi connectivity index (χ1n) is 9.54. The van der Waals surface area contributed by atoms with E-state index in [0.29, 0.717) is 16.3 Å². The molecule has 3 aromatic rings. The lowest BCUT2D eigenvalue weighted by Gasteiger charge is -2.16. The number of hydrogen-bond acceptors (Lipinski definition) is 4. The van der Waals surface area contributed by atoms with Gasteiger partial charge in [0.1, 0.15) is 11.4 Å². The van der Waals surface area contributed by atoms with Crippen molar-refractivity contribution in [2.24, 2.45) is 5.92 Å².